The van der Waals surface area contributed by atoms with E-state index in [1.165, 1.54) is 0 Å². The second kappa shape index (κ2) is 5.60. The summed E-state index contributed by atoms with van der Waals surface area (Å²) >= 11 is 0. The molecule has 6 rings (SSSR count). The summed E-state index contributed by atoms with van der Waals surface area (Å²) in [6.07, 6.45) is 0. The molecule has 29 heavy (non-hydrogen) atoms. The van der Waals surface area contributed by atoms with E-state index in [-0.39, 0.29) is 0 Å². The Morgan fingerprint density at radius 1 is 0.448 bits per heavy atom. The number of para-hydroxylation sites is 3. The maximum atomic E-state index is 14.9. The van der Waals surface area contributed by atoms with Gasteiger partial charge in [0.15, 0.2) is 0 Å². The predicted molar refractivity (Wildman–Crippen MR) is 113 cm³/mol. The van der Waals surface area contributed by atoms with Crippen LogP contribution in [0, 0.1) is 0 Å². The molecule has 5 heteroatoms. The number of benzene rings is 4. The van der Waals surface area contributed by atoms with Gasteiger partial charge in [-0.1, -0.05) is 0 Å². The Morgan fingerprint density at radius 2 is 0.793 bits per heavy atom. The van der Waals surface area contributed by atoms with Gasteiger partial charge in [0.1, 0.15) is 0 Å². The Balaban J connectivity index is 1.71. The van der Waals surface area contributed by atoms with E-state index in [1.807, 2.05) is 72.8 Å². The van der Waals surface area contributed by atoms with Crippen molar-refractivity contribution in [1.82, 2.24) is 0 Å². The van der Waals surface area contributed by atoms with Crippen LogP contribution in [0.5, 0.6) is 17.2 Å². The molecule has 2 heterocycles. The van der Waals surface area contributed by atoms with Crippen LogP contribution in [0.4, 0.5) is 0 Å². The van der Waals surface area contributed by atoms with Gasteiger partial charge < -0.3 is 0 Å². The van der Waals surface area contributed by atoms with Crippen LogP contribution in [0.25, 0.3) is 22.3 Å². The molecule has 0 N–H and O–H groups in total. The molecule has 0 aromatic heterocycles. The van der Waals surface area contributed by atoms with E-state index in [0.29, 0.717) is 22.6 Å². The molecule has 1 spiro atoms. The molecule has 4 aromatic rings. The van der Waals surface area contributed by atoms with Gasteiger partial charge in [0.25, 0.3) is 0 Å². The van der Waals surface area contributed by atoms with Crippen LogP contribution in [-0.2, 0) is 4.89 Å². The number of hydrogen-bond acceptors (Lipinski definition) is 3. The Labute approximate surface area is 168 Å². The molecule has 4 aromatic carbocycles. The van der Waals surface area contributed by atoms with Gasteiger partial charge in [-0.05, 0) is 0 Å². The van der Waals surface area contributed by atoms with Crippen LogP contribution in [0.3, 0.4) is 0 Å². The van der Waals surface area contributed by atoms with Crippen molar-refractivity contribution in [2.24, 2.45) is 0 Å². The zero-order valence-corrected chi connectivity index (χ0v) is 16.2. The summed E-state index contributed by atoms with van der Waals surface area (Å²) in [4.78, 5) is 14.9. The van der Waals surface area contributed by atoms with E-state index in [1.54, 1.807) is 24.3 Å². The summed E-state index contributed by atoms with van der Waals surface area (Å²) < 4.78 is 18.7. The van der Waals surface area contributed by atoms with Crippen molar-refractivity contribution < 1.29 is 18.5 Å². The van der Waals surface area contributed by atoms with E-state index in [0.717, 1.165) is 22.3 Å². The van der Waals surface area contributed by atoms with Crippen molar-refractivity contribution in [3.8, 4) is 39.5 Å². The van der Waals surface area contributed by atoms with Crippen LogP contribution >= 0.6 is 7.51 Å². The van der Waals surface area contributed by atoms with Crippen molar-refractivity contribution in [3.63, 3.8) is 0 Å². The van der Waals surface area contributed by atoms with E-state index in [9.17, 15) is 4.89 Å². The van der Waals surface area contributed by atoms with Gasteiger partial charge in [0.2, 0.25) is 0 Å². The number of fused-ring (bicyclic) bond motifs is 7. The minimum absolute atomic E-state index is 0.406. The first-order valence-corrected chi connectivity index (χ1v) is 11.3. The second-order valence-corrected chi connectivity index (χ2v) is 9.75. The van der Waals surface area contributed by atoms with Crippen LogP contribution in [0.15, 0.2) is 97.1 Å². The zero-order valence-electron chi connectivity index (χ0n) is 15.3. The summed E-state index contributed by atoms with van der Waals surface area (Å²) in [7, 11) is -5.05. The predicted octanol–water partition coefficient (Wildman–Crippen LogP) is 6.15. The average molecular weight is 399 g/mol. The van der Waals surface area contributed by atoms with E-state index in [2.05, 4.69) is 0 Å². The Morgan fingerprint density at radius 3 is 1.28 bits per heavy atom. The molecular formula is C24H16O4P. The molecule has 4 nitrogen and oxygen atoms in total. The monoisotopic (exact) mass is 399 g/mol. The molecule has 2 aliphatic heterocycles. The third kappa shape index (κ3) is 2.27. The van der Waals surface area contributed by atoms with Crippen LogP contribution < -0.4 is 18.9 Å². The van der Waals surface area contributed by atoms with Crippen molar-refractivity contribution in [2.75, 3.05) is 0 Å². The molecule has 0 fully saturated rings. The topological polar surface area (TPSA) is 47.6 Å². The van der Waals surface area contributed by atoms with Crippen molar-refractivity contribution in [1.29, 1.82) is 0 Å². The first-order chi connectivity index (χ1) is 14.1. The second-order valence-electron chi connectivity index (χ2n) is 7.09. The molecule has 0 bridgehead atoms. The summed E-state index contributed by atoms with van der Waals surface area (Å²) in [6, 6.07) is 29.9. The fourth-order valence-corrected chi connectivity index (χ4v) is 6.86. The van der Waals surface area contributed by atoms with Gasteiger partial charge in [-0.2, -0.15) is 0 Å². The fourth-order valence-electron chi connectivity index (χ4n) is 4.04. The molecule has 0 saturated carbocycles. The number of hydrogen-bond donors (Lipinski definition) is 0. The average Bonchev–Trinajstić information content (AvgIpc) is 2.86. The minimum atomic E-state index is -5.05. The molecule has 2 aliphatic rings. The van der Waals surface area contributed by atoms with Gasteiger partial charge in [-0.3, -0.25) is 0 Å². The van der Waals surface area contributed by atoms with Crippen LogP contribution in [0.2, 0.25) is 0 Å². The van der Waals surface area contributed by atoms with Gasteiger partial charge in [-0.15, -0.1) is 0 Å². The van der Waals surface area contributed by atoms with E-state index >= 15 is 0 Å². The SMILES string of the molecule is [O]P12(Oc3ccccc3-c3ccccc3O1)Oc1ccccc1-c1ccccc12. The molecule has 0 unspecified atom stereocenters. The molecule has 141 valence electrons. The Bertz CT molecular complexity index is 1240. The number of rotatable bonds is 0. The van der Waals surface area contributed by atoms with E-state index < -0.39 is 7.51 Å². The van der Waals surface area contributed by atoms with Gasteiger partial charge in [0, 0.05) is 0 Å². The van der Waals surface area contributed by atoms with Gasteiger partial charge in [-0.25, -0.2) is 0 Å². The molecule has 0 aliphatic carbocycles. The molecule has 0 saturated heterocycles. The van der Waals surface area contributed by atoms with Crippen molar-refractivity contribution >= 4 is 12.8 Å². The molecular weight excluding hydrogens is 383 g/mol. The third-order valence-corrected chi connectivity index (χ3v) is 8.02. The Hall–Kier alpha value is -3.33. The Kier molecular flexibility index (Phi) is 3.21. The third-order valence-electron chi connectivity index (χ3n) is 5.31. The maximum absolute atomic E-state index is 14.9. The van der Waals surface area contributed by atoms with Crippen molar-refractivity contribution in [3.05, 3.63) is 97.1 Å². The quantitative estimate of drug-likeness (QED) is 0.333. The summed E-state index contributed by atoms with van der Waals surface area (Å²) in [5.41, 5.74) is 3.24. The molecule has 1 radical (unpaired) electrons. The van der Waals surface area contributed by atoms with E-state index in [4.69, 9.17) is 13.6 Å². The first kappa shape index (κ1) is 16.6. The molecule has 0 amide bonds. The van der Waals surface area contributed by atoms with Crippen molar-refractivity contribution in [2.45, 2.75) is 0 Å². The standard InChI is InChI=1S/C24H16O4P/c25-29(24-16-8-4-12-20(24)19-11-3-7-15-23(19)28-29)26-21-13-5-1-9-17(21)18-10-2-6-14-22(18)27-29/h1-16H. The van der Waals surface area contributed by atoms with Crippen LogP contribution in [0.1, 0.15) is 0 Å². The zero-order chi connectivity index (χ0) is 19.5. The molecule has 0 atom stereocenters. The summed E-state index contributed by atoms with van der Waals surface area (Å²) in [6.45, 7) is 0. The summed E-state index contributed by atoms with van der Waals surface area (Å²) in [5, 5.41) is 0.406. The summed E-state index contributed by atoms with van der Waals surface area (Å²) in [5.74, 6) is 1.38. The van der Waals surface area contributed by atoms with Crippen LogP contribution in [-0.4, -0.2) is 0 Å². The fraction of sp³-hybridized carbons (Fsp3) is 0. The van der Waals surface area contributed by atoms with Gasteiger partial charge in [0.05, 0.1) is 0 Å². The normalized spacial score (nSPS) is 18.0. The first-order valence-electron chi connectivity index (χ1n) is 9.38. The van der Waals surface area contributed by atoms with Gasteiger partial charge >= 0.3 is 168 Å².